The van der Waals surface area contributed by atoms with Crippen LogP contribution in [-0.4, -0.2) is 44.3 Å². The normalized spacial score (nSPS) is 21.5. The molecule has 126 valence electrons. The molecule has 2 unspecified atom stereocenters. The van der Waals surface area contributed by atoms with E-state index < -0.39 is 0 Å². The molecule has 0 saturated heterocycles. The molecule has 1 aliphatic carbocycles. The number of thioether (sulfide) groups is 1. The Kier molecular flexibility index (Phi) is 9.15. The first-order valence-corrected chi connectivity index (χ1v) is 8.77. The molecule has 0 amide bonds. The molecule has 2 rings (SSSR count). The molecule has 1 saturated carbocycles. The molecule has 0 radical (unpaired) electrons. The Morgan fingerprint density at radius 3 is 2.91 bits per heavy atom. The number of hydrogen-bond donors (Lipinski definition) is 2. The van der Waals surface area contributed by atoms with Crippen molar-refractivity contribution in [2.24, 2.45) is 12.0 Å². The van der Waals surface area contributed by atoms with Crippen LogP contribution in [0, 0.1) is 0 Å². The summed E-state index contributed by atoms with van der Waals surface area (Å²) in [5.41, 5.74) is 0. The second-order valence-corrected chi connectivity index (χ2v) is 6.80. The third kappa shape index (κ3) is 5.94. The lowest BCUT2D eigenvalue weighted by Gasteiger charge is -2.17. The number of aliphatic imine (C=N–C) groups is 1. The van der Waals surface area contributed by atoms with Gasteiger partial charge in [-0.3, -0.25) is 4.68 Å². The molecular weight excluding hydrogens is 411 g/mol. The zero-order chi connectivity index (χ0) is 15.1. The van der Waals surface area contributed by atoms with Crippen molar-refractivity contribution >= 4 is 41.7 Å². The summed E-state index contributed by atoms with van der Waals surface area (Å²) >= 11 is 2.07. The fourth-order valence-corrected chi connectivity index (χ4v) is 3.73. The monoisotopic (exact) mass is 438 g/mol. The van der Waals surface area contributed by atoms with Crippen LogP contribution in [0.5, 0.6) is 0 Å². The lowest BCUT2D eigenvalue weighted by atomic mass is 10.2. The topological polar surface area (TPSA) is 67.1 Å². The van der Waals surface area contributed by atoms with E-state index in [1.54, 1.807) is 11.0 Å². The minimum atomic E-state index is 0. The van der Waals surface area contributed by atoms with E-state index in [-0.39, 0.29) is 24.0 Å². The predicted molar refractivity (Wildman–Crippen MR) is 104 cm³/mol. The van der Waals surface area contributed by atoms with Crippen LogP contribution in [0.3, 0.4) is 0 Å². The number of hydrogen-bond acceptors (Lipinski definition) is 4. The Hall–Kier alpha value is -0.510. The van der Waals surface area contributed by atoms with E-state index in [4.69, 9.17) is 0 Å². The fourth-order valence-electron chi connectivity index (χ4n) is 2.58. The Bertz CT molecular complexity index is 464. The Balaban J connectivity index is 0.00000242. The second kappa shape index (κ2) is 10.3. The molecule has 0 spiro atoms. The Morgan fingerprint density at radius 2 is 2.27 bits per heavy atom. The van der Waals surface area contributed by atoms with Crippen molar-refractivity contribution in [3.63, 3.8) is 0 Å². The van der Waals surface area contributed by atoms with Crippen molar-refractivity contribution in [1.29, 1.82) is 0 Å². The minimum absolute atomic E-state index is 0. The van der Waals surface area contributed by atoms with Crippen LogP contribution < -0.4 is 10.6 Å². The highest BCUT2D eigenvalue weighted by molar-refractivity contribution is 14.0. The average Bonchev–Trinajstić information content (AvgIpc) is 3.06. The molecule has 8 heteroatoms. The lowest BCUT2D eigenvalue weighted by Crippen LogP contribution is -2.42. The van der Waals surface area contributed by atoms with Crippen molar-refractivity contribution in [2.75, 3.05) is 12.3 Å². The quantitative estimate of drug-likeness (QED) is 0.405. The molecule has 6 nitrogen and oxygen atoms in total. The smallest absolute Gasteiger partial charge is 0.191 e. The third-order valence-electron chi connectivity index (χ3n) is 3.66. The van der Waals surface area contributed by atoms with Crippen LogP contribution in [-0.2, 0) is 13.6 Å². The zero-order valence-electron chi connectivity index (χ0n) is 13.6. The molecular formula is C14H27IN6S. The molecule has 0 aliphatic heterocycles. The second-order valence-electron chi connectivity index (χ2n) is 5.23. The fraction of sp³-hybridized carbons (Fsp3) is 0.786. The van der Waals surface area contributed by atoms with Crippen LogP contribution in [0.15, 0.2) is 11.3 Å². The Labute approximate surface area is 154 Å². The van der Waals surface area contributed by atoms with Crippen molar-refractivity contribution < 1.29 is 0 Å². The average molecular weight is 438 g/mol. The summed E-state index contributed by atoms with van der Waals surface area (Å²) in [5, 5.41) is 11.7. The van der Waals surface area contributed by atoms with Gasteiger partial charge in [0, 0.05) is 24.9 Å². The van der Waals surface area contributed by atoms with E-state index in [1.165, 1.54) is 25.0 Å². The SMILES string of the molecule is CCNC(=NCc1ncnn1C)NC1CCC(SCC)C1.I. The molecule has 2 atom stereocenters. The van der Waals surface area contributed by atoms with Gasteiger partial charge in [0.15, 0.2) is 5.96 Å². The molecule has 0 bridgehead atoms. The molecule has 0 aromatic carbocycles. The first-order valence-electron chi connectivity index (χ1n) is 7.72. The highest BCUT2D eigenvalue weighted by Gasteiger charge is 2.25. The number of nitrogens with one attached hydrogen (secondary N) is 2. The molecule has 1 aromatic heterocycles. The Morgan fingerprint density at radius 1 is 1.45 bits per heavy atom. The van der Waals surface area contributed by atoms with Crippen LogP contribution in [0.2, 0.25) is 0 Å². The van der Waals surface area contributed by atoms with Gasteiger partial charge in [0.1, 0.15) is 18.7 Å². The number of nitrogens with zero attached hydrogens (tertiary/aromatic N) is 4. The molecule has 1 heterocycles. The van der Waals surface area contributed by atoms with Crippen LogP contribution in [0.25, 0.3) is 0 Å². The number of aromatic nitrogens is 3. The van der Waals surface area contributed by atoms with Crippen LogP contribution in [0.1, 0.15) is 38.9 Å². The number of halogens is 1. The van der Waals surface area contributed by atoms with E-state index in [1.807, 2.05) is 7.05 Å². The molecule has 1 fully saturated rings. The van der Waals surface area contributed by atoms with Gasteiger partial charge in [-0.1, -0.05) is 6.92 Å². The number of rotatable bonds is 6. The van der Waals surface area contributed by atoms with E-state index in [0.29, 0.717) is 12.6 Å². The van der Waals surface area contributed by atoms with E-state index in [2.05, 4.69) is 51.3 Å². The highest BCUT2D eigenvalue weighted by atomic mass is 127. The maximum Gasteiger partial charge on any atom is 0.191 e. The first-order chi connectivity index (χ1) is 10.2. The summed E-state index contributed by atoms with van der Waals surface area (Å²) in [6, 6.07) is 0.534. The summed E-state index contributed by atoms with van der Waals surface area (Å²) in [5.74, 6) is 2.96. The van der Waals surface area contributed by atoms with E-state index in [9.17, 15) is 0 Å². The van der Waals surface area contributed by atoms with E-state index in [0.717, 1.165) is 23.6 Å². The van der Waals surface area contributed by atoms with Gasteiger partial charge in [0.25, 0.3) is 0 Å². The van der Waals surface area contributed by atoms with Crippen molar-refractivity contribution in [1.82, 2.24) is 25.4 Å². The summed E-state index contributed by atoms with van der Waals surface area (Å²) in [7, 11) is 1.89. The minimum Gasteiger partial charge on any atom is -0.357 e. The van der Waals surface area contributed by atoms with Gasteiger partial charge in [-0.05, 0) is 31.9 Å². The molecule has 1 aromatic rings. The van der Waals surface area contributed by atoms with E-state index >= 15 is 0 Å². The summed E-state index contributed by atoms with van der Waals surface area (Å²) in [6.07, 6.45) is 5.33. The van der Waals surface area contributed by atoms with Crippen LogP contribution in [0.4, 0.5) is 0 Å². The highest BCUT2D eigenvalue weighted by Crippen LogP contribution is 2.29. The van der Waals surface area contributed by atoms with Gasteiger partial charge in [-0.2, -0.15) is 16.9 Å². The predicted octanol–water partition coefficient (Wildman–Crippen LogP) is 2.16. The number of guanidine groups is 1. The van der Waals surface area contributed by atoms with Crippen molar-refractivity contribution in [2.45, 2.75) is 50.9 Å². The van der Waals surface area contributed by atoms with Gasteiger partial charge in [0.2, 0.25) is 0 Å². The van der Waals surface area contributed by atoms with Gasteiger partial charge in [-0.25, -0.2) is 9.98 Å². The van der Waals surface area contributed by atoms with Crippen LogP contribution >= 0.6 is 35.7 Å². The zero-order valence-corrected chi connectivity index (χ0v) is 16.7. The molecule has 22 heavy (non-hydrogen) atoms. The van der Waals surface area contributed by atoms with Crippen molar-refractivity contribution in [3.05, 3.63) is 12.2 Å². The van der Waals surface area contributed by atoms with Gasteiger partial charge in [0.05, 0.1) is 0 Å². The summed E-state index contributed by atoms with van der Waals surface area (Å²) < 4.78 is 1.76. The maximum absolute atomic E-state index is 4.62. The third-order valence-corrected chi connectivity index (χ3v) is 4.89. The molecule has 2 N–H and O–H groups in total. The first kappa shape index (κ1) is 19.5. The number of aryl methyl sites for hydroxylation is 1. The molecule has 1 aliphatic rings. The summed E-state index contributed by atoms with van der Waals surface area (Å²) in [4.78, 5) is 8.82. The standard InChI is InChI=1S/C14H26N6S.HI/c1-4-15-14(16-9-13-17-10-18-20(13)3)19-11-6-7-12(8-11)21-5-2;/h10-12H,4-9H2,1-3H3,(H2,15,16,19);1H. The lowest BCUT2D eigenvalue weighted by molar-refractivity contribution is 0.612. The largest absolute Gasteiger partial charge is 0.357 e. The van der Waals surface area contributed by atoms with Gasteiger partial charge in [-0.15, -0.1) is 24.0 Å². The maximum atomic E-state index is 4.62. The van der Waals surface area contributed by atoms with Crippen molar-refractivity contribution in [3.8, 4) is 0 Å². The van der Waals surface area contributed by atoms with Gasteiger partial charge < -0.3 is 10.6 Å². The summed E-state index contributed by atoms with van der Waals surface area (Å²) in [6.45, 7) is 5.73. The van der Waals surface area contributed by atoms with Gasteiger partial charge >= 0.3 is 0 Å².